The second-order valence-electron chi connectivity index (χ2n) is 4.99. The fraction of sp³-hybridized carbons (Fsp3) is 0.467. The van der Waals surface area contributed by atoms with Gasteiger partial charge in [-0.3, -0.25) is 9.59 Å². The molecule has 1 aliphatic rings. The number of hydrogen-bond donors (Lipinski definition) is 2. The van der Waals surface area contributed by atoms with Crippen molar-refractivity contribution in [2.45, 2.75) is 25.7 Å². The van der Waals surface area contributed by atoms with Gasteiger partial charge in [0.1, 0.15) is 0 Å². The second kappa shape index (κ2) is 6.41. The monoisotopic (exact) mass is 276 g/mol. The van der Waals surface area contributed by atoms with Gasteiger partial charge in [0.25, 0.3) is 0 Å². The fourth-order valence-electron chi connectivity index (χ4n) is 2.57. The van der Waals surface area contributed by atoms with Crippen molar-refractivity contribution in [1.29, 1.82) is 0 Å². The van der Waals surface area contributed by atoms with E-state index in [4.69, 9.17) is 5.11 Å². The molecule has 0 aromatic heterocycles. The Balaban J connectivity index is 1.96. The van der Waals surface area contributed by atoms with Crippen molar-refractivity contribution in [3.63, 3.8) is 0 Å². The average Bonchev–Trinajstić information content (AvgIpc) is 2.83. The highest BCUT2D eigenvalue weighted by Crippen LogP contribution is 2.33. The minimum absolute atomic E-state index is 0.000909. The normalized spacial score (nSPS) is 16.4. The fourth-order valence-corrected chi connectivity index (χ4v) is 2.57. The first-order valence-corrected chi connectivity index (χ1v) is 6.94. The van der Waals surface area contributed by atoms with Gasteiger partial charge in [-0.25, -0.2) is 0 Å². The number of carboxylic acid groups (broad SMARTS) is 1. The second-order valence-corrected chi connectivity index (χ2v) is 4.99. The lowest BCUT2D eigenvalue weighted by atomic mass is 9.97. The number of nitrogens with one attached hydrogen (secondary N) is 1. The van der Waals surface area contributed by atoms with E-state index in [0.717, 1.165) is 12.2 Å². The minimum atomic E-state index is -0.871. The molecule has 1 atom stereocenters. The summed E-state index contributed by atoms with van der Waals surface area (Å²) in [5, 5.41) is 12.0. The quantitative estimate of drug-likeness (QED) is 0.832. The molecule has 1 aromatic rings. The van der Waals surface area contributed by atoms with E-state index < -0.39 is 5.97 Å². The summed E-state index contributed by atoms with van der Waals surface area (Å²) in [6.45, 7) is 3.47. The van der Waals surface area contributed by atoms with Gasteiger partial charge in [0.2, 0.25) is 5.91 Å². The number of para-hydroxylation sites is 1. The van der Waals surface area contributed by atoms with Gasteiger partial charge in [-0.15, -0.1) is 0 Å². The van der Waals surface area contributed by atoms with Crippen LogP contribution in [0.3, 0.4) is 0 Å². The van der Waals surface area contributed by atoms with Crippen molar-refractivity contribution in [1.82, 2.24) is 4.90 Å². The molecular weight excluding hydrogens is 256 g/mol. The maximum absolute atomic E-state index is 12.3. The van der Waals surface area contributed by atoms with Gasteiger partial charge >= 0.3 is 5.97 Å². The Morgan fingerprint density at radius 3 is 2.85 bits per heavy atom. The molecule has 1 unspecified atom stereocenters. The van der Waals surface area contributed by atoms with E-state index in [1.165, 1.54) is 5.56 Å². The first-order valence-electron chi connectivity index (χ1n) is 6.94. The van der Waals surface area contributed by atoms with Crippen molar-refractivity contribution in [3.8, 4) is 0 Å². The summed E-state index contributed by atoms with van der Waals surface area (Å²) in [6.07, 6.45) is 0.427. The van der Waals surface area contributed by atoms with Gasteiger partial charge in [-0.2, -0.15) is 0 Å². The topological polar surface area (TPSA) is 69.6 Å². The number of carbonyl (C=O) groups is 2. The van der Waals surface area contributed by atoms with Crippen molar-refractivity contribution in [3.05, 3.63) is 29.8 Å². The molecule has 108 valence electrons. The standard InChI is InChI=1S/C15H20N2O3/c1-2-17(8-7-15(19)20)14(18)9-11-10-16-13-6-4-3-5-12(11)13/h3-6,11,16H,2,7-10H2,1H3,(H,19,20). The van der Waals surface area contributed by atoms with Gasteiger partial charge in [0.05, 0.1) is 6.42 Å². The van der Waals surface area contributed by atoms with E-state index in [1.54, 1.807) is 4.90 Å². The number of hydrogen-bond acceptors (Lipinski definition) is 3. The van der Waals surface area contributed by atoms with Crippen LogP contribution in [0.15, 0.2) is 24.3 Å². The number of anilines is 1. The predicted octanol–water partition coefficient (Wildman–Crippen LogP) is 1.91. The van der Waals surface area contributed by atoms with Gasteiger partial charge in [0.15, 0.2) is 0 Å². The third-order valence-electron chi connectivity index (χ3n) is 3.69. The highest BCUT2D eigenvalue weighted by atomic mass is 16.4. The Hall–Kier alpha value is -2.04. The first-order chi connectivity index (χ1) is 9.61. The molecule has 0 aliphatic carbocycles. The van der Waals surface area contributed by atoms with E-state index in [2.05, 4.69) is 5.32 Å². The Bertz CT molecular complexity index is 502. The number of amides is 1. The molecule has 0 fully saturated rings. The Morgan fingerprint density at radius 1 is 1.40 bits per heavy atom. The zero-order chi connectivity index (χ0) is 14.5. The van der Waals surface area contributed by atoms with E-state index in [1.807, 2.05) is 31.2 Å². The Labute approximate surface area is 118 Å². The molecule has 1 amide bonds. The van der Waals surface area contributed by atoms with E-state index in [0.29, 0.717) is 13.0 Å². The van der Waals surface area contributed by atoms with Crippen LogP contribution in [0.5, 0.6) is 0 Å². The van der Waals surface area contributed by atoms with Gasteiger partial charge in [-0.05, 0) is 18.6 Å². The summed E-state index contributed by atoms with van der Waals surface area (Å²) in [7, 11) is 0. The molecule has 20 heavy (non-hydrogen) atoms. The van der Waals surface area contributed by atoms with E-state index in [9.17, 15) is 9.59 Å². The molecule has 2 rings (SSSR count). The lowest BCUT2D eigenvalue weighted by Gasteiger charge is -2.21. The van der Waals surface area contributed by atoms with Crippen LogP contribution < -0.4 is 5.32 Å². The van der Waals surface area contributed by atoms with Gasteiger partial charge in [-0.1, -0.05) is 18.2 Å². The highest BCUT2D eigenvalue weighted by Gasteiger charge is 2.25. The smallest absolute Gasteiger partial charge is 0.305 e. The third-order valence-corrected chi connectivity index (χ3v) is 3.69. The molecule has 0 saturated carbocycles. The summed E-state index contributed by atoms with van der Waals surface area (Å²) >= 11 is 0. The molecule has 0 saturated heterocycles. The molecule has 1 aliphatic heterocycles. The number of rotatable bonds is 6. The molecule has 0 bridgehead atoms. The van der Waals surface area contributed by atoms with Crippen LogP contribution in [-0.2, 0) is 9.59 Å². The van der Waals surface area contributed by atoms with Crippen molar-refractivity contribution >= 4 is 17.6 Å². The van der Waals surface area contributed by atoms with E-state index >= 15 is 0 Å². The predicted molar refractivity (Wildman–Crippen MR) is 76.8 cm³/mol. The summed E-state index contributed by atoms with van der Waals surface area (Å²) in [5.41, 5.74) is 2.27. The van der Waals surface area contributed by atoms with Crippen LogP contribution in [0, 0.1) is 0 Å². The minimum Gasteiger partial charge on any atom is -0.481 e. The third kappa shape index (κ3) is 3.29. The van der Waals surface area contributed by atoms with Crippen LogP contribution in [0.25, 0.3) is 0 Å². The Kier molecular flexibility index (Phi) is 4.61. The summed E-state index contributed by atoms with van der Waals surface area (Å²) in [5.74, 6) is -0.668. The maximum Gasteiger partial charge on any atom is 0.305 e. The number of carboxylic acids is 1. The van der Waals surface area contributed by atoms with E-state index in [-0.39, 0.29) is 24.8 Å². The average molecular weight is 276 g/mol. The SMILES string of the molecule is CCN(CCC(=O)O)C(=O)CC1CNc2ccccc21. The maximum atomic E-state index is 12.3. The van der Waals surface area contributed by atoms with Crippen LogP contribution in [-0.4, -0.2) is 41.5 Å². The molecule has 2 N–H and O–H groups in total. The summed E-state index contributed by atoms with van der Waals surface area (Å²) < 4.78 is 0. The van der Waals surface area contributed by atoms with Crippen LogP contribution >= 0.6 is 0 Å². The van der Waals surface area contributed by atoms with Crippen LogP contribution in [0.2, 0.25) is 0 Å². The van der Waals surface area contributed by atoms with Crippen molar-refractivity contribution in [2.75, 3.05) is 25.0 Å². The number of aliphatic carboxylic acids is 1. The number of benzene rings is 1. The first kappa shape index (κ1) is 14.4. The molecule has 0 spiro atoms. The van der Waals surface area contributed by atoms with Crippen molar-refractivity contribution < 1.29 is 14.7 Å². The molecule has 1 aromatic carbocycles. The zero-order valence-electron chi connectivity index (χ0n) is 11.6. The zero-order valence-corrected chi connectivity index (χ0v) is 11.6. The number of nitrogens with zero attached hydrogens (tertiary/aromatic N) is 1. The molecule has 0 radical (unpaired) electrons. The summed E-state index contributed by atoms with van der Waals surface area (Å²) in [6, 6.07) is 8.01. The molecule has 1 heterocycles. The number of carbonyl (C=O) groups excluding carboxylic acids is 1. The summed E-state index contributed by atoms with van der Waals surface area (Å²) in [4.78, 5) is 24.5. The van der Waals surface area contributed by atoms with Crippen molar-refractivity contribution in [2.24, 2.45) is 0 Å². The van der Waals surface area contributed by atoms with Crippen LogP contribution in [0.1, 0.15) is 31.2 Å². The number of fused-ring (bicyclic) bond motifs is 1. The highest BCUT2D eigenvalue weighted by molar-refractivity contribution is 5.79. The molecule has 5 nitrogen and oxygen atoms in total. The molecular formula is C15H20N2O3. The Morgan fingerprint density at radius 2 is 2.15 bits per heavy atom. The molecule has 5 heteroatoms. The van der Waals surface area contributed by atoms with Gasteiger partial charge < -0.3 is 15.3 Å². The van der Waals surface area contributed by atoms with Gasteiger partial charge in [0, 0.05) is 37.7 Å². The largest absolute Gasteiger partial charge is 0.481 e. The lowest BCUT2D eigenvalue weighted by Crippen LogP contribution is -2.33. The lowest BCUT2D eigenvalue weighted by molar-refractivity contribution is -0.138. The van der Waals surface area contributed by atoms with Crippen LogP contribution in [0.4, 0.5) is 5.69 Å².